The number of carboxylic acid groups (broad SMARTS) is 1. The van der Waals surface area contributed by atoms with Crippen molar-refractivity contribution in [1.29, 1.82) is 0 Å². The third-order valence-electron chi connectivity index (χ3n) is 3.85. The van der Waals surface area contributed by atoms with Gasteiger partial charge in [0, 0.05) is 12.1 Å². The molecule has 0 aromatic heterocycles. The summed E-state index contributed by atoms with van der Waals surface area (Å²) in [5.41, 5.74) is 0. The van der Waals surface area contributed by atoms with Crippen LogP contribution in [0.3, 0.4) is 0 Å². The van der Waals surface area contributed by atoms with Gasteiger partial charge in [0.25, 0.3) is 0 Å². The average molecular weight is 265 g/mol. The lowest BCUT2D eigenvalue weighted by molar-refractivity contribution is -0.164. The second-order valence-electron chi connectivity index (χ2n) is 5.32. The molecule has 2 fully saturated rings. The summed E-state index contributed by atoms with van der Waals surface area (Å²) in [5.74, 6) is -1.59. The Hall–Kier alpha value is -0.780. The van der Waals surface area contributed by atoms with E-state index in [0.29, 0.717) is 12.8 Å². The third kappa shape index (κ3) is 3.37. The van der Waals surface area contributed by atoms with E-state index in [4.69, 9.17) is 5.11 Å². The summed E-state index contributed by atoms with van der Waals surface area (Å²) in [4.78, 5) is 12.6. The van der Waals surface area contributed by atoms with Gasteiger partial charge in [0.05, 0.1) is 12.5 Å². The van der Waals surface area contributed by atoms with E-state index in [1.165, 1.54) is 4.90 Å². The SMILES string of the molecule is O=C(O)C1CCCCC1N(CC(F)(F)F)C1CC1. The van der Waals surface area contributed by atoms with Crippen LogP contribution in [0.5, 0.6) is 0 Å². The van der Waals surface area contributed by atoms with Crippen LogP contribution in [-0.4, -0.2) is 40.8 Å². The summed E-state index contributed by atoms with van der Waals surface area (Å²) >= 11 is 0. The first kappa shape index (κ1) is 13.6. The van der Waals surface area contributed by atoms with Gasteiger partial charge >= 0.3 is 12.1 Å². The van der Waals surface area contributed by atoms with E-state index in [-0.39, 0.29) is 6.04 Å². The van der Waals surface area contributed by atoms with Gasteiger partial charge in [0.2, 0.25) is 0 Å². The molecule has 3 nitrogen and oxygen atoms in total. The van der Waals surface area contributed by atoms with E-state index >= 15 is 0 Å². The lowest BCUT2D eigenvalue weighted by atomic mass is 9.83. The molecule has 1 N–H and O–H groups in total. The van der Waals surface area contributed by atoms with Crippen molar-refractivity contribution in [3.05, 3.63) is 0 Å². The second-order valence-corrected chi connectivity index (χ2v) is 5.32. The predicted octanol–water partition coefficient (Wildman–Crippen LogP) is 2.66. The molecule has 0 heterocycles. The number of carboxylic acids is 1. The molecule has 2 atom stereocenters. The van der Waals surface area contributed by atoms with Crippen molar-refractivity contribution in [2.24, 2.45) is 5.92 Å². The first-order valence-electron chi connectivity index (χ1n) is 6.44. The molecule has 0 aliphatic heterocycles. The summed E-state index contributed by atoms with van der Waals surface area (Å²) in [6, 6.07) is -0.498. The van der Waals surface area contributed by atoms with E-state index in [0.717, 1.165) is 25.7 Å². The van der Waals surface area contributed by atoms with Crippen molar-refractivity contribution in [2.75, 3.05) is 6.54 Å². The Bertz CT molecular complexity index is 315. The van der Waals surface area contributed by atoms with Gasteiger partial charge in [-0.25, -0.2) is 0 Å². The molecule has 0 aromatic carbocycles. The quantitative estimate of drug-likeness (QED) is 0.849. The fraction of sp³-hybridized carbons (Fsp3) is 0.917. The molecule has 0 amide bonds. The highest BCUT2D eigenvalue weighted by molar-refractivity contribution is 5.71. The molecule has 0 aromatic rings. The van der Waals surface area contributed by atoms with Crippen molar-refractivity contribution in [1.82, 2.24) is 4.90 Å². The minimum atomic E-state index is -4.25. The van der Waals surface area contributed by atoms with Crippen molar-refractivity contribution in [3.8, 4) is 0 Å². The molecule has 2 aliphatic rings. The Morgan fingerprint density at radius 2 is 1.78 bits per heavy atom. The number of hydrogen-bond donors (Lipinski definition) is 1. The average Bonchev–Trinajstić information content (AvgIpc) is 3.08. The molecule has 0 radical (unpaired) electrons. The zero-order valence-corrected chi connectivity index (χ0v) is 10.1. The van der Waals surface area contributed by atoms with Crippen LogP contribution in [0.2, 0.25) is 0 Å². The first-order valence-corrected chi connectivity index (χ1v) is 6.44. The molecule has 2 unspecified atom stereocenters. The summed E-state index contributed by atoms with van der Waals surface area (Å²) in [6.45, 7) is -0.966. The van der Waals surface area contributed by atoms with Gasteiger partial charge in [-0.15, -0.1) is 0 Å². The van der Waals surface area contributed by atoms with Crippen LogP contribution in [0.4, 0.5) is 13.2 Å². The van der Waals surface area contributed by atoms with E-state index < -0.39 is 30.7 Å². The number of hydrogen-bond acceptors (Lipinski definition) is 2. The molecular formula is C12H18F3NO2. The zero-order valence-electron chi connectivity index (χ0n) is 10.1. The largest absolute Gasteiger partial charge is 0.481 e. The highest BCUT2D eigenvalue weighted by Crippen LogP contribution is 2.38. The maximum atomic E-state index is 12.6. The zero-order chi connectivity index (χ0) is 13.3. The number of halogens is 3. The van der Waals surface area contributed by atoms with Crippen LogP contribution < -0.4 is 0 Å². The topological polar surface area (TPSA) is 40.5 Å². The maximum absolute atomic E-state index is 12.6. The van der Waals surface area contributed by atoms with Gasteiger partial charge in [-0.3, -0.25) is 9.69 Å². The fourth-order valence-electron chi connectivity index (χ4n) is 2.93. The Morgan fingerprint density at radius 1 is 1.17 bits per heavy atom. The van der Waals surface area contributed by atoms with E-state index in [2.05, 4.69) is 0 Å². The van der Waals surface area contributed by atoms with Gasteiger partial charge in [-0.1, -0.05) is 12.8 Å². The minimum absolute atomic E-state index is 0.0587. The van der Waals surface area contributed by atoms with Gasteiger partial charge in [-0.05, 0) is 25.7 Å². The van der Waals surface area contributed by atoms with Crippen molar-refractivity contribution in [3.63, 3.8) is 0 Å². The van der Waals surface area contributed by atoms with E-state index in [1.54, 1.807) is 0 Å². The Labute approximate surface area is 104 Å². The molecule has 0 spiro atoms. The Balaban J connectivity index is 2.10. The van der Waals surface area contributed by atoms with Crippen LogP contribution in [0.15, 0.2) is 0 Å². The van der Waals surface area contributed by atoms with Gasteiger partial charge < -0.3 is 5.11 Å². The molecule has 0 bridgehead atoms. The number of nitrogens with zero attached hydrogens (tertiary/aromatic N) is 1. The molecule has 6 heteroatoms. The van der Waals surface area contributed by atoms with Crippen LogP contribution in [0.25, 0.3) is 0 Å². The van der Waals surface area contributed by atoms with Crippen LogP contribution in [0.1, 0.15) is 38.5 Å². The van der Waals surface area contributed by atoms with Crippen molar-refractivity contribution < 1.29 is 23.1 Å². The van der Waals surface area contributed by atoms with E-state index in [9.17, 15) is 18.0 Å². The Morgan fingerprint density at radius 3 is 2.28 bits per heavy atom. The van der Waals surface area contributed by atoms with Gasteiger partial charge in [0.1, 0.15) is 0 Å². The van der Waals surface area contributed by atoms with Crippen LogP contribution in [0, 0.1) is 5.92 Å². The maximum Gasteiger partial charge on any atom is 0.401 e. The van der Waals surface area contributed by atoms with Crippen LogP contribution >= 0.6 is 0 Å². The molecular weight excluding hydrogens is 247 g/mol. The smallest absolute Gasteiger partial charge is 0.401 e. The third-order valence-corrected chi connectivity index (χ3v) is 3.85. The fourth-order valence-corrected chi connectivity index (χ4v) is 2.93. The number of alkyl halides is 3. The number of aliphatic carboxylic acids is 1. The molecule has 2 saturated carbocycles. The minimum Gasteiger partial charge on any atom is -0.481 e. The first-order chi connectivity index (χ1) is 8.38. The van der Waals surface area contributed by atoms with Crippen molar-refractivity contribution in [2.45, 2.75) is 56.8 Å². The van der Waals surface area contributed by atoms with Gasteiger partial charge in [0.15, 0.2) is 0 Å². The summed E-state index contributed by atoms with van der Waals surface area (Å²) in [6.07, 6.45) is -0.0148. The van der Waals surface area contributed by atoms with Crippen molar-refractivity contribution >= 4 is 5.97 Å². The molecule has 2 rings (SSSR count). The Kier molecular flexibility index (Phi) is 3.84. The monoisotopic (exact) mass is 265 g/mol. The number of carbonyl (C=O) groups is 1. The highest BCUT2D eigenvalue weighted by atomic mass is 19.4. The number of rotatable bonds is 4. The molecule has 0 saturated heterocycles. The summed E-state index contributed by atoms with van der Waals surface area (Å²) in [5, 5.41) is 9.15. The van der Waals surface area contributed by atoms with Crippen LogP contribution in [-0.2, 0) is 4.79 Å². The second kappa shape index (κ2) is 5.07. The molecule has 2 aliphatic carbocycles. The summed E-state index contributed by atoms with van der Waals surface area (Å²) < 4.78 is 37.8. The van der Waals surface area contributed by atoms with E-state index in [1.807, 2.05) is 0 Å². The lowest BCUT2D eigenvalue weighted by Crippen LogP contribution is -2.50. The lowest BCUT2D eigenvalue weighted by Gasteiger charge is -2.38. The summed E-state index contributed by atoms with van der Waals surface area (Å²) in [7, 11) is 0. The molecule has 18 heavy (non-hydrogen) atoms. The predicted molar refractivity (Wildman–Crippen MR) is 59.2 cm³/mol. The highest BCUT2D eigenvalue weighted by Gasteiger charge is 2.45. The normalized spacial score (nSPS) is 29.6. The molecule has 104 valence electrons. The standard InChI is InChI=1S/C12H18F3NO2/c13-12(14,15)7-16(8-5-6-8)10-4-2-1-3-9(10)11(17)18/h8-10H,1-7H2,(H,17,18). The van der Waals surface area contributed by atoms with Gasteiger partial charge in [-0.2, -0.15) is 13.2 Å².